The highest BCUT2D eigenvalue weighted by molar-refractivity contribution is 5.89. The number of carbonyl (C=O) groups is 2. The molecule has 0 aromatic carbocycles. The van der Waals surface area contributed by atoms with E-state index in [1.807, 2.05) is 28.9 Å². The first-order chi connectivity index (χ1) is 11.1. The molecule has 1 aromatic heterocycles. The maximum atomic E-state index is 12.3. The average molecular weight is 318 g/mol. The number of likely N-dealkylation sites (tertiary alicyclic amines) is 1. The molecule has 1 aromatic rings. The lowest BCUT2D eigenvalue weighted by Gasteiger charge is -2.23. The van der Waals surface area contributed by atoms with Crippen LogP contribution in [0.2, 0.25) is 0 Å². The summed E-state index contributed by atoms with van der Waals surface area (Å²) in [6, 6.07) is 0.378. The van der Waals surface area contributed by atoms with Gasteiger partial charge in [-0.25, -0.2) is 0 Å². The van der Waals surface area contributed by atoms with E-state index in [2.05, 4.69) is 10.4 Å². The van der Waals surface area contributed by atoms with E-state index in [-0.39, 0.29) is 17.7 Å². The largest absolute Gasteiger partial charge is 0.356 e. The Bertz CT molecular complexity index is 563. The third kappa shape index (κ3) is 3.92. The van der Waals surface area contributed by atoms with Gasteiger partial charge in [-0.05, 0) is 31.7 Å². The smallest absolute Gasteiger partial charge is 0.225 e. The summed E-state index contributed by atoms with van der Waals surface area (Å²) in [4.78, 5) is 26.3. The SMILES string of the molecule is Cc1cnn(CCCNC(=O)[C@@H]2CC(=O)N(C3CCCC3)C2)c1. The van der Waals surface area contributed by atoms with E-state index in [9.17, 15) is 9.59 Å². The van der Waals surface area contributed by atoms with Crippen LogP contribution in [0.15, 0.2) is 12.4 Å². The maximum Gasteiger partial charge on any atom is 0.225 e. The molecule has 1 aliphatic carbocycles. The summed E-state index contributed by atoms with van der Waals surface area (Å²) in [7, 11) is 0. The Labute approximate surface area is 137 Å². The highest BCUT2D eigenvalue weighted by Gasteiger charge is 2.38. The van der Waals surface area contributed by atoms with Crippen molar-refractivity contribution in [2.24, 2.45) is 5.92 Å². The minimum atomic E-state index is -0.171. The van der Waals surface area contributed by atoms with Crippen LogP contribution in [0, 0.1) is 12.8 Å². The van der Waals surface area contributed by atoms with Gasteiger partial charge in [0.05, 0.1) is 12.1 Å². The Morgan fingerprint density at radius 3 is 2.87 bits per heavy atom. The second-order valence-electron chi connectivity index (χ2n) is 6.81. The van der Waals surface area contributed by atoms with Crippen molar-refractivity contribution in [3.63, 3.8) is 0 Å². The van der Waals surface area contributed by atoms with Crippen molar-refractivity contribution in [2.75, 3.05) is 13.1 Å². The second kappa shape index (κ2) is 7.15. The first-order valence-corrected chi connectivity index (χ1v) is 8.70. The third-order valence-electron chi connectivity index (χ3n) is 4.92. The number of hydrogen-bond acceptors (Lipinski definition) is 3. The minimum absolute atomic E-state index is 0.0236. The molecule has 0 spiro atoms. The quantitative estimate of drug-likeness (QED) is 0.808. The molecule has 1 aliphatic heterocycles. The average Bonchev–Trinajstić information content (AvgIpc) is 3.24. The predicted molar refractivity (Wildman–Crippen MR) is 86.7 cm³/mol. The minimum Gasteiger partial charge on any atom is -0.356 e. The van der Waals surface area contributed by atoms with Gasteiger partial charge in [0.15, 0.2) is 0 Å². The van der Waals surface area contributed by atoms with Gasteiger partial charge in [-0.1, -0.05) is 12.8 Å². The van der Waals surface area contributed by atoms with Crippen LogP contribution in [0.25, 0.3) is 0 Å². The molecule has 1 saturated heterocycles. The van der Waals surface area contributed by atoms with E-state index in [1.54, 1.807) is 0 Å². The topological polar surface area (TPSA) is 67.2 Å². The van der Waals surface area contributed by atoms with Gasteiger partial charge in [-0.3, -0.25) is 14.3 Å². The molecule has 126 valence electrons. The molecule has 3 rings (SSSR count). The number of nitrogens with one attached hydrogen (secondary N) is 1. The van der Waals surface area contributed by atoms with Crippen LogP contribution < -0.4 is 5.32 Å². The number of rotatable bonds is 6. The van der Waals surface area contributed by atoms with Gasteiger partial charge in [0.2, 0.25) is 11.8 Å². The van der Waals surface area contributed by atoms with Gasteiger partial charge in [-0.2, -0.15) is 5.10 Å². The van der Waals surface area contributed by atoms with E-state index < -0.39 is 0 Å². The molecule has 2 fully saturated rings. The van der Waals surface area contributed by atoms with E-state index in [0.717, 1.165) is 31.4 Å². The van der Waals surface area contributed by atoms with Crippen LogP contribution >= 0.6 is 0 Å². The molecule has 1 atom stereocenters. The van der Waals surface area contributed by atoms with Crippen LogP contribution in [-0.4, -0.2) is 45.6 Å². The number of nitrogens with zero attached hydrogens (tertiary/aromatic N) is 3. The van der Waals surface area contributed by atoms with Crippen molar-refractivity contribution < 1.29 is 9.59 Å². The van der Waals surface area contributed by atoms with Crippen molar-refractivity contribution in [3.8, 4) is 0 Å². The zero-order valence-corrected chi connectivity index (χ0v) is 13.8. The summed E-state index contributed by atoms with van der Waals surface area (Å²) in [6.07, 6.45) is 9.67. The first kappa shape index (κ1) is 16.0. The van der Waals surface area contributed by atoms with Crippen LogP contribution in [-0.2, 0) is 16.1 Å². The monoisotopic (exact) mass is 318 g/mol. The Morgan fingerprint density at radius 2 is 2.17 bits per heavy atom. The molecular weight excluding hydrogens is 292 g/mol. The molecular formula is C17H26N4O2. The van der Waals surface area contributed by atoms with Gasteiger partial charge in [-0.15, -0.1) is 0 Å². The van der Waals surface area contributed by atoms with Crippen LogP contribution in [0.1, 0.15) is 44.1 Å². The zero-order chi connectivity index (χ0) is 16.2. The van der Waals surface area contributed by atoms with E-state index >= 15 is 0 Å². The highest BCUT2D eigenvalue weighted by Crippen LogP contribution is 2.29. The highest BCUT2D eigenvalue weighted by atomic mass is 16.2. The van der Waals surface area contributed by atoms with Crippen LogP contribution in [0.5, 0.6) is 0 Å². The molecule has 6 nitrogen and oxygen atoms in total. The fourth-order valence-corrected chi connectivity index (χ4v) is 3.66. The number of aryl methyl sites for hydroxylation is 2. The number of amides is 2. The van der Waals surface area contributed by atoms with Crippen molar-refractivity contribution in [1.29, 1.82) is 0 Å². The zero-order valence-electron chi connectivity index (χ0n) is 13.8. The van der Waals surface area contributed by atoms with Gasteiger partial charge in [0.1, 0.15) is 0 Å². The molecule has 2 aliphatic rings. The number of carbonyl (C=O) groups excluding carboxylic acids is 2. The lowest BCUT2D eigenvalue weighted by atomic mass is 10.1. The Hall–Kier alpha value is -1.85. The molecule has 0 bridgehead atoms. The third-order valence-corrected chi connectivity index (χ3v) is 4.92. The van der Waals surface area contributed by atoms with Crippen molar-refractivity contribution >= 4 is 11.8 Å². The van der Waals surface area contributed by atoms with E-state index in [0.29, 0.717) is 25.6 Å². The van der Waals surface area contributed by atoms with Crippen molar-refractivity contribution in [2.45, 2.75) is 58.0 Å². The van der Waals surface area contributed by atoms with E-state index in [4.69, 9.17) is 0 Å². The molecule has 0 unspecified atom stereocenters. The van der Waals surface area contributed by atoms with Gasteiger partial charge >= 0.3 is 0 Å². The molecule has 1 N–H and O–H groups in total. The Kier molecular flexibility index (Phi) is 4.98. The Balaban J connectivity index is 1.39. The summed E-state index contributed by atoms with van der Waals surface area (Å²) in [5.41, 5.74) is 1.14. The summed E-state index contributed by atoms with van der Waals surface area (Å²) in [6.45, 7) is 4.05. The molecule has 6 heteroatoms. The van der Waals surface area contributed by atoms with Crippen LogP contribution in [0.4, 0.5) is 0 Å². The molecule has 2 heterocycles. The van der Waals surface area contributed by atoms with E-state index in [1.165, 1.54) is 12.8 Å². The first-order valence-electron chi connectivity index (χ1n) is 8.70. The van der Waals surface area contributed by atoms with Gasteiger partial charge < -0.3 is 10.2 Å². The van der Waals surface area contributed by atoms with Gasteiger partial charge in [0, 0.05) is 38.3 Å². The molecule has 0 radical (unpaired) electrons. The number of hydrogen-bond donors (Lipinski definition) is 1. The molecule has 23 heavy (non-hydrogen) atoms. The second-order valence-corrected chi connectivity index (χ2v) is 6.81. The molecule has 2 amide bonds. The summed E-state index contributed by atoms with van der Waals surface area (Å²) in [5, 5.41) is 7.20. The predicted octanol–water partition coefficient (Wildman–Crippen LogP) is 1.49. The van der Waals surface area contributed by atoms with Crippen LogP contribution in [0.3, 0.4) is 0 Å². The molecule has 1 saturated carbocycles. The maximum absolute atomic E-state index is 12.3. The standard InChI is InChI=1S/C17H26N4O2/c1-13-10-19-20(11-13)8-4-7-18-17(23)14-9-16(22)21(12-14)15-5-2-3-6-15/h10-11,14-15H,2-9,12H2,1H3,(H,18,23)/t14-/m1/s1. The van der Waals surface area contributed by atoms with Crippen molar-refractivity contribution in [1.82, 2.24) is 20.0 Å². The normalized spacial score (nSPS) is 22.0. The summed E-state index contributed by atoms with van der Waals surface area (Å²) in [5.74, 6) is 0.00890. The fourth-order valence-electron chi connectivity index (χ4n) is 3.66. The fraction of sp³-hybridized carbons (Fsp3) is 0.706. The Morgan fingerprint density at radius 1 is 1.39 bits per heavy atom. The summed E-state index contributed by atoms with van der Waals surface area (Å²) >= 11 is 0. The number of aromatic nitrogens is 2. The van der Waals surface area contributed by atoms with Crippen molar-refractivity contribution in [3.05, 3.63) is 18.0 Å². The lowest BCUT2D eigenvalue weighted by Crippen LogP contribution is -2.37. The summed E-state index contributed by atoms with van der Waals surface area (Å²) < 4.78 is 1.89. The van der Waals surface area contributed by atoms with Gasteiger partial charge in [0.25, 0.3) is 0 Å². The lowest BCUT2D eigenvalue weighted by molar-refractivity contribution is -0.130.